The third-order valence-electron chi connectivity index (χ3n) is 6.25. The molecule has 6 nitrogen and oxygen atoms in total. The molecule has 0 spiro atoms. The second-order valence-corrected chi connectivity index (χ2v) is 10.5. The number of nitrogens with zero attached hydrogens (tertiary/aromatic N) is 2. The molecule has 3 aromatic rings. The molecule has 0 aliphatic rings. The maximum absolute atomic E-state index is 13.6. The van der Waals surface area contributed by atoms with Crippen LogP contribution < -0.4 is 9.47 Å². The standard InChI is InChI=1S/C31H38N2O4S/c1-5-6-19-32(30(34)17-14-25-10-8-7-9-11-25)23-31(35)33(22-27-15-12-24(2)38-27)20-18-26-13-16-28(36-3)29(21-26)37-4/h7-17,21H,5-6,18-20,22-23H2,1-4H3/b17-14+. The van der Waals surface area contributed by atoms with Crippen molar-refractivity contribution in [1.82, 2.24) is 9.80 Å². The van der Waals surface area contributed by atoms with Crippen LogP contribution in [0.2, 0.25) is 0 Å². The highest BCUT2D eigenvalue weighted by molar-refractivity contribution is 7.11. The number of methoxy groups -OCH3 is 2. The Hall–Kier alpha value is -3.58. The van der Waals surface area contributed by atoms with Crippen LogP contribution in [0.25, 0.3) is 6.08 Å². The minimum atomic E-state index is -0.150. The molecule has 3 rings (SSSR count). The number of rotatable bonds is 14. The van der Waals surface area contributed by atoms with Gasteiger partial charge in [-0.25, -0.2) is 0 Å². The van der Waals surface area contributed by atoms with E-state index in [1.165, 1.54) is 4.88 Å². The van der Waals surface area contributed by atoms with E-state index >= 15 is 0 Å². The average molecular weight is 535 g/mol. The number of carbonyl (C=O) groups is 2. The van der Waals surface area contributed by atoms with Crippen LogP contribution in [0.3, 0.4) is 0 Å². The van der Waals surface area contributed by atoms with Gasteiger partial charge in [0.25, 0.3) is 0 Å². The molecule has 0 unspecified atom stereocenters. The molecule has 0 atom stereocenters. The normalized spacial score (nSPS) is 10.9. The lowest BCUT2D eigenvalue weighted by molar-refractivity contribution is -0.138. The number of benzene rings is 2. The van der Waals surface area contributed by atoms with Crippen LogP contribution in [0.4, 0.5) is 0 Å². The van der Waals surface area contributed by atoms with Gasteiger partial charge in [-0.15, -0.1) is 11.3 Å². The molecule has 0 radical (unpaired) electrons. The van der Waals surface area contributed by atoms with E-state index in [1.807, 2.05) is 53.4 Å². The summed E-state index contributed by atoms with van der Waals surface area (Å²) >= 11 is 1.69. The van der Waals surface area contributed by atoms with Gasteiger partial charge in [-0.1, -0.05) is 49.7 Å². The number of hydrogen-bond acceptors (Lipinski definition) is 5. The molecule has 1 aromatic heterocycles. The topological polar surface area (TPSA) is 59.1 Å². The molecule has 1 heterocycles. The highest BCUT2D eigenvalue weighted by Gasteiger charge is 2.21. The van der Waals surface area contributed by atoms with Gasteiger partial charge in [0.1, 0.15) is 6.54 Å². The highest BCUT2D eigenvalue weighted by atomic mass is 32.1. The molecule has 38 heavy (non-hydrogen) atoms. The summed E-state index contributed by atoms with van der Waals surface area (Å²) in [5, 5.41) is 0. The Kier molecular flexibility index (Phi) is 11.4. The zero-order valence-corrected chi connectivity index (χ0v) is 23.6. The summed E-state index contributed by atoms with van der Waals surface area (Å²) in [6.07, 6.45) is 5.81. The van der Waals surface area contributed by atoms with Crippen LogP contribution in [0.15, 0.2) is 66.7 Å². The number of thiophene rings is 1. The number of hydrogen-bond donors (Lipinski definition) is 0. The maximum Gasteiger partial charge on any atom is 0.247 e. The third kappa shape index (κ3) is 8.77. The summed E-state index contributed by atoms with van der Waals surface area (Å²) in [6, 6.07) is 19.7. The Labute approximate surface area is 230 Å². The molecule has 0 bridgehead atoms. The van der Waals surface area contributed by atoms with Crippen LogP contribution in [0, 0.1) is 6.92 Å². The van der Waals surface area contributed by atoms with E-state index in [9.17, 15) is 9.59 Å². The number of ether oxygens (including phenoxy) is 2. The second kappa shape index (κ2) is 15.0. The lowest BCUT2D eigenvalue weighted by atomic mass is 10.1. The summed E-state index contributed by atoms with van der Waals surface area (Å²) in [4.78, 5) is 32.6. The summed E-state index contributed by atoms with van der Waals surface area (Å²) < 4.78 is 10.8. The van der Waals surface area contributed by atoms with Gasteiger partial charge in [-0.3, -0.25) is 9.59 Å². The van der Waals surface area contributed by atoms with E-state index in [4.69, 9.17) is 9.47 Å². The summed E-state index contributed by atoms with van der Waals surface area (Å²) in [7, 11) is 3.23. The Bertz CT molecular complexity index is 1210. The minimum absolute atomic E-state index is 0.0499. The Morgan fingerprint density at radius 2 is 1.68 bits per heavy atom. The molecule has 2 aromatic carbocycles. The van der Waals surface area contributed by atoms with Crippen molar-refractivity contribution < 1.29 is 19.1 Å². The molecular weight excluding hydrogens is 496 g/mol. The van der Waals surface area contributed by atoms with Crippen molar-refractivity contribution in [1.29, 1.82) is 0 Å². The molecular formula is C31H38N2O4S. The molecule has 0 saturated heterocycles. The monoisotopic (exact) mass is 534 g/mol. The van der Waals surface area contributed by atoms with Gasteiger partial charge >= 0.3 is 0 Å². The fourth-order valence-corrected chi connectivity index (χ4v) is 4.97. The van der Waals surface area contributed by atoms with E-state index in [0.29, 0.717) is 37.6 Å². The van der Waals surface area contributed by atoms with Crippen molar-refractivity contribution >= 4 is 29.2 Å². The fourth-order valence-electron chi connectivity index (χ4n) is 4.07. The van der Waals surface area contributed by atoms with Crippen molar-refractivity contribution in [2.75, 3.05) is 33.9 Å². The molecule has 0 fully saturated rings. The quantitative estimate of drug-likeness (QED) is 0.239. The first-order valence-corrected chi connectivity index (χ1v) is 13.8. The molecule has 0 aliphatic carbocycles. The molecule has 0 saturated carbocycles. The van der Waals surface area contributed by atoms with Crippen molar-refractivity contribution in [3.63, 3.8) is 0 Å². The Balaban J connectivity index is 1.75. The van der Waals surface area contributed by atoms with Crippen LogP contribution in [-0.4, -0.2) is 55.5 Å². The summed E-state index contributed by atoms with van der Waals surface area (Å²) in [6.45, 7) is 5.78. The molecule has 202 valence electrons. The van der Waals surface area contributed by atoms with Crippen LogP contribution in [-0.2, 0) is 22.6 Å². The van der Waals surface area contributed by atoms with Crippen LogP contribution in [0.5, 0.6) is 11.5 Å². The maximum atomic E-state index is 13.6. The zero-order chi connectivity index (χ0) is 27.3. The van der Waals surface area contributed by atoms with E-state index in [2.05, 4.69) is 26.0 Å². The number of amides is 2. The van der Waals surface area contributed by atoms with Crippen molar-refractivity contribution in [3.8, 4) is 11.5 Å². The smallest absolute Gasteiger partial charge is 0.247 e. The molecule has 2 amide bonds. The van der Waals surface area contributed by atoms with Crippen LogP contribution >= 0.6 is 11.3 Å². The van der Waals surface area contributed by atoms with Crippen molar-refractivity contribution in [2.24, 2.45) is 0 Å². The lowest BCUT2D eigenvalue weighted by Crippen LogP contribution is -2.43. The predicted octanol–water partition coefficient (Wildman–Crippen LogP) is 5.99. The van der Waals surface area contributed by atoms with E-state index < -0.39 is 0 Å². The van der Waals surface area contributed by atoms with Gasteiger partial charge in [0.2, 0.25) is 11.8 Å². The number of aryl methyl sites for hydroxylation is 1. The fraction of sp³-hybridized carbons (Fsp3) is 0.355. The van der Waals surface area contributed by atoms with Gasteiger partial charge in [0.15, 0.2) is 11.5 Å². The Morgan fingerprint density at radius 1 is 0.921 bits per heavy atom. The summed E-state index contributed by atoms with van der Waals surface area (Å²) in [5.74, 6) is 1.13. The average Bonchev–Trinajstić information content (AvgIpc) is 3.36. The SMILES string of the molecule is CCCCN(CC(=O)N(CCc1ccc(OC)c(OC)c1)Cc1ccc(C)s1)C(=O)/C=C/c1ccccc1. The van der Waals surface area contributed by atoms with Gasteiger partial charge in [0.05, 0.1) is 20.8 Å². The van der Waals surface area contributed by atoms with Crippen molar-refractivity contribution in [3.05, 3.63) is 87.6 Å². The van der Waals surface area contributed by atoms with Gasteiger partial charge in [0, 0.05) is 28.9 Å². The number of carbonyl (C=O) groups excluding carboxylic acids is 2. The number of unbranched alkanes of at least 4 members (excludes halogenated alkanes) is 1. The predicted molar refractivity (Wildman–Crippen MR) is 155 cm³/mol. The summed E-state index contributed by atoms with van der Waals surface area (Å²) in [5.41, 5.74) is 2.00. The molecule has 0 aliphatic heterocycles. The lowest BCUT2D eigenvalue weighted by Gasteiger charge is -2.27. The first kappa shape index (κ1) is 29.0. The van der Waals surface area contributed by atoms with Gasteiger partial charge in [-0.2, -0.15) is 0 Å². The van der Waals surface area contributed by atoms with Crippen LogP contribution in [0.1, 0.15) is 40.6 Å². The first-order valence-electron chi connectivity index (χ1n) is 13.0. The highest BCUT2D eigenvalue weighted by Crippen LogP contribution is 2.28. The van der Waals surface area contributed by atoms with E-state index in [1.54, 1.807) is 42.6 Å². The first-order chi connectivity index (χ1) is 18.4. The van der Waals surface area contributed by atoms with Gasteiger partial charge in [-0.05, 0) is 61.2 Å². The third-order valence-corrected chi connectivity index (χ3v) is 7.24. The van der Waals surface area contributed by atoms with E-state index in [-0.39, 0.29) is 18.4 Å². The van der Waals surface area contributed by atoms with Crippen molar-refractivity contribution in [2.45, 2.75) is 39.7 Å². The Morgan fingerprint density at radius 3 is 2.34 bits per heavy atom. The second-order valence-electron chi connectivity index (χ2n) is 9.12. The van der Waals surface area contributed by atoms with E-state index in [0.717, 1.165) is 28.8 Å². The van der Waals surface area contributed by atoms with Gasteiger partial charge < -0.3 is 19.3 Å². The zero-order valence-electron chi connectivity index (χ0n) is 22.8. The molecule has 7 heteroatoms. The largest absolute Gasteiger partial charge is 0.493 e. The molecule has 0 N–H and O–H groups in total. The minimum Gasteiger partial charge on any atom is -0.493 e.